The van der Waals surface area contributed by atoms with Gasteiger partial charge in [0.2, 0.25) is 5.91 Å². The Kier molecular flexibility index (Phi) is 5.09. The zero-order valence-corrected chi connectivity index (χ0v) is 13.9. The van der Waals surface area contributed by atoms with Crippen LogP contribution in [-0.4, -0.2) is 28.3 Å². The minimum absolute atomic E-state index is 0.108. The number of nitrogens with zero attached hydrogens (tertiary/aromatic N) is 2. The highest BCUT2D eigenvalue weighted by Crippen LogP contribution is 2.14. The van der Waals surface area contributed by atoms with Gasteiger partial charge >= 0.3 is 5.97 Å². The third-order valence-corrected chi connectivity index (χ3v) is 3.78. The Morgan fingerprint density at radius 3 is 2.64 bits per heavy atom. The summed E-state index contributed by atoms with van der Waals surface area (Å²) in [5.74, 6) is -0.477. The van der Waals surface area contributed by atoms with Crippen molar-refractivity contribution in [2.75, 3.05) is 11.9 Å². The van der Waals surface area contributed by atoms with E-state index in [1.54, 1.807) is 37.4 Å². The van der Waals surface area contributed by atoms with Gasteiger partial charge in [0.15, 0.2) is 0 Å². The molecular weight excluding hydrogens is 318 g/mol. The normalized spacial score (nSPS) is 10.6. The molecule has 0 saturated carbocycles. The van der Waals surface area contributed by atoms with Gasteiger partial charge in [-0.25, -0.2) is 4.79 Å². The first-order valence-corrected chi connectivity index (χ1v) is 8.15. The number of carbonyl (C=O) groups is 2. The van der Waals surface area contributed by atoms with Crippen molar-refractivity contribution in [3.8, 4) is 0 Å². The summed E-state index contributed by atoms with van der Waals surface area (Å²) in [6.45, 7) is 2.59. The molecule has 0 aliphatic heterocycles. The summed E-state index contributed by atoms with van der Waals surface area (Å²) in [5.41, 5.74) is 2.11. The van der Waals surface area contributed by atoms with Gasteiger partial charge in [-0.1, -0.05) is 18.2 Å². The van der Waals surface area contributed by atoms with E-state index in [1.165, 1.54) is 0 Å². The Labute approximate surface area is 145 Å². The van der Waals surface area contributed by atoms with Crippen LogP contribution in [0, 0.1) is 0 Å². The highest BCUT2D eigenvalue weighted by molar-refractivity contribution is 5.93. The number of amides is 1. The second kappa shape index (κ2) is 7.61. The molecule has 2 aromatic carbocycles. The molecular formula is C19H19N3O3. The van der Waals surface area contributed by atoms with Gasteiger partial charge in [-0.15, -0.1) is 0 Å². The number of anilines is 1. The fourth-order valence-electron chi connectivity index (χ4n) is 2.54. The molecule has 0 spiro atoms. The van der Waals surface area contributed by atoms with Crippen LogP contribution in [0.1, 0.15) is 23.7 Å². The van der Waals surface area contributed by atoms with Crippen molar-refractivity contribution in [3.63, 3.8) is 0 Å². The fraction of sp³-hybridized carbons (Fsp3) is 0.211. The molecule has 1 aromatic heterocycles. The second-order valence-corrected chi connectivity index (χ2v) is 5.52. The lowest BCUT2D eigenvalue weighted by Crippen LogP contribution is -2.15. The SMILES string of the molecule is CCOC(=O)c1ccc(NC(=O)CCn2ncc3ccccc32)cc1. The molecule has 3 rings (SSSR count). The summed E-state index contributed by atoms with van der Waals surface area (Å²) in [6.07, 6.45) is 2.10. The average molecular weight is 337 g/mol. The third kappa shape index (κ3) is 4.03. The largest absolute Gasteiger partial charge is 0.462 e. The number of rotatable bonds is 6. The first kappa shape index (κ1) is 16.7. The van der Waals surface area contributed by atoms with Crippen LogP contribution in [0.25, 0.3) is 10.9 Å². The van der Waals surface area contributed by atoms with E-state index in [0.717, 1.165) is 10.9 Å². The van der Waals surface area contributed by atoms with Gasteiger partial charge in [0.1, 0.15) is 0 Å². The monoisotopic (exact) mass is 337 g/mol. The lowest BCUT2D eigenvalue weighted by atomic mass is 10.2. The second-order valence-electron chi connectivity index (χ2n) is 5.52. The van der Waals surface area contributed by atoms with Crippen LogP contribution in [0.4, 0.5) is 5.69 Å². The topological polar surface area (TPSA) is 73.2 Å². The summed E-state index contributed by atoms with van der Waals surface area (Å²) in [6, 6.07) is 14.5. The Morgan fingerprint density at radius 2 is 1.88 bits per heavy atom. The van der Waals surface area contributed by atoms with Crippen molar-refractivity contribution in [2.24, 2.45) is 0 Å². The van der Waals surface area contributed by atoms with Crippen molar-refractivity contribution in [1.82, 2.24) is 9.78 Å². The zero-order valence-electron chi connectivity index (χ0n) is 13.9. The number of fused-ring (bicyclic) bond motifs is 1. The van der Waals surface area contributed by atoms with Gasteiger partial charge in [-0.05, 0) is 37.3 Å². The Bertz CT molecular complexity index is 884. The predicted octanol–water partition coefficient (Wildman–Crippen LogP) is 3.24. The van der Waals surface area contributed by atoms with Crippen molar-refractivity contribution >= 4 is 28.5 Å². The highest BCUT2D eigenvalue weighted by atomic mass is 16.5. The molecule has 6 nitrogen and oxygen atoms in total. The minimum atomic E-state index is -0.370. The Hall–Kier alpha value is -3.15. The third-order valence-electron chi connectivity index (χ3n) is 3.78. The molecule has 128 valence electrons. The molecule has 0 radical (unpaired) electrons. The standard InChI is InChI=1S/C19H19N3O3/c1-2-25-19(24)14-7-9-16(10-8-14)21-18(23)11-12-22-17-6-4-3-5-15(17)13-20-22/h3-10,13H,2,11-12H2,1H3,(H,21,23). The molecule has 6 heteroatoms. The first-order valence-electron chi connectivity index (χ1n) is 8.15. The van der Waals surface area contributed by atoms with Crippen LogP contribution in [0.5, 0.6) is 0 Å². The first-order chi connectivity index (χ1) is 12.2. The number of hydrogen-bond acceptors (Lipinski definition) is 4. The van der Waals surface area contributed by atoms with E-state index in [1.807, 2.05) is 28.9 Å². The van der Waals surface area contributed by atoms with Crippen LogP contribution in [0.3, 0.4) is 0 Å². The number of aryl methyl sites for hydroxylation is 1. The van der Waals surface area contributed by atoms with E-state index < -0.39 is 0 Å². The highest BCUT2D eigenvalue weighted by Gasteiger charge is 2.08. The van der Waals surface area contributed by atoms with Crippen molar-refractivity contribution in [3.05, 3.63) is 60.3 Å². The van der Waals surface area contributed by atoms with E-state index in [2.05, 4.69) is 10.4 Å². The maximum Gasteiger partial charge on any atom is 0.338 e. The minimum Gasteiger partial charge on any atom is -0.462 e. The van der Waals surface area contributed by atoms with Crippen LogP contribution in [0.15, 0.2) is 54.7 Å². The number of nitrogens with one attached hydrogen (secondary N) is 1. The van der Waals surface area contributed by atoms with Gasteiger partial charge in [-0.3, -0.25) is 9.48 Å². The molecule has 0 saturated heterocycles. The van der Waals surface area contributed by atoms with Crippen LogP contribution < -0.4 is 5.32 Å². The molecule has 0 aliphatic carbocycles. The van der Waals surface area contributed by atoms with E-state index >= 15 is 0 Å². The molecule has 0 bridgehead atoms. The van der Waals surface area contributed by atoms with Crippen LogP contribution in [-0.2, 0) is 16.1 Å². The predicted molar refractivity (Wildman–Crippen MR) is 95.4 cm³/mol. The van der Waals surface area contributed by atoms with Crippen molar-refractivity contribution in [1.29, 1.82) is 0 Å². The molecule has 3 aromatic rings. The molecule has 25 heavy (non-hydrogen) atoms. The number of esters is 1. The van der Waals surface area contributed by atoms with Crippen LogP contribution >= 0.6 is 0 Å². The molecule has 1 amide bonds. The summed E-state index contributed by atoms with van der Waals surface area (Å²) in [4.78, 5) is 23.7. The van der Waals surface area contributed by atoms with Crippen LogP contribution in [0.2, 0.25) is 0 Å². The number of benzene rings is 2. The number of ether oxygens (including phenoxy) is 1. The van der Waals surface area contributed by atoms with Crippen molar-refractivity contribution < 1.29 is 14.3 Å². The van der Waals surface area contributed by atoms with Gasteiger partial charge in [0.05, 0.1) is 30.4 Å². The molecule has 0 aliphatic rings. The van der Waals surface area contributed by atoms with E-state index in [9.17, 15) is 9.59 Å². The zero-order chi connectivity index (χ0) is 17.6. The summed E-state index contributed by atoms with van der Waals surface area (Å²) in [7, 11) is 0. The summed E-state index contributed by atoms with van der Waals surface area (Å²) >= 11 is 0. The molecule has 0 fully saturated rings. The van der Waals surface area contributed by atoms with Crippen molar-refractivity contribution in [2.45, 2.75) is 19.9 Å². The number of hydrogen-bond donors (Lipinski definition) is 1. The quantitative estimate of drug-likeness (QED) is 0.701. The molecule has 0 atom stereocenters. The van der Waals surface area contributed by atoms with Gasteiger partial charge in [0.25, 0.3) is 0 Å². The lowest BCUT2D eigenvalue weighted by molar-refractivity contribution is -0.116. The molecule has 0 unspecified atom stereocenters. The number of carbonyl (C=O) groups excluding carboxylic acids is 2. The lowest BCUT2D eigenvalue weighted by Gasteiger charge is -2.07. The van der Waals surface area contributed by atoms with E-state index in [0.29, 0.717) is 30.8 Å². The van der Waals surface area contributed by atoms with E-state index in [4.69, 9.17) is 4.74 Å². The van der Waals surface area contributed by atoms with Gasteiger partial charge < -0.3 is 10.1 Å². The Morgan fingerprint density at radius 1 is 1.12 bits per heavy atom. The maximum atomic E-state index is 12.1. The van der Waals surface area contributed by atoms with Gasteiger partial charge in [0, 0.05) is 17.5 Å². The molecule has 1 heterocycles. The number of aromatic nitrogens is 2. The smallest absolute Gasteiger partial charge is 0.338 e. The average Bonchev–Trinajstić information content (AvgIpc) is 3.04. The van der Waals surface area contributed by atoms with E-state index in [-0.39, 0.29) is 11.9 Å². The molecule has 1 N–H and O–H groups in total. The fourth-order valence-corrected chi connectivity index (χ4v) is 2.54. The number of para-hydroxylation sites is 1. The summed E-state index contributed by atoms with van der Waals surface area (Å²) in [5, 5.41) is 8.18. The maximum absolute atomic E-state index is 12.1. The van der Waals surface area contributed by atoms with Gasteiger partial charge in [-0.2, -0.15) is 5.10 Å². The summed E-state index contributed by atoms with van der Waals surface area (Å²) < 4.78 is 6.75. The Balaban J connectivity index is 1.56.